The van der Waals surface area contributed by atoms with E-state index in [1.165, 1.54) is 36.3 Å². The van der Waals surface area contributed by atoms with Gasteiger partial charge in [0.05, 0.1) is 24.1 Å². The van der Waals surface area contributed by atoms with Gasteiger partial charge in [-0.05, 0) is 48.9 Å². The van der Waals surface area contributed by atoms with E-state index in [9.17, 15) is 22.8 Å². The number of hydrogen-bond acceptors (Lipinski definition) is 5. The molecule has 0 fully saturated rings. The van der Waals surface area contributed by atoms with E-state index in [0.29, 0.717) is 11.3 Å². The van der Waals surface area contributed by atoms with Crippen LogP contribution in [-0.2, 0) is 19.3 Å². The van der Waals surface area contributed by atoms with E-state index < -0.39 is 28.8 Å². The molecule has 174 valence electrons. The molecule has 0 unspecified atom stereocenters. The van der Waals surface area contributed by atoms with Crippen LogP contribution in [0, 0.1) is 6.92 Å². The average molecular weight is 468 g/mol. The number of carbonyl (C=O) groups is 1. The maximum absolute atomic E-state index is 13.4. The van der Waals surface area contributed by atoms with Crippen LogP contribution in [0.5, 0.6) is 0 Å². The quantitative estimate of drug-likeness (QED) is 0.419. The Labute approximate surface area is 192 Å². The summed E-state index contributed by atoms with van der Waals surface area (Å²) in [5.74, 6) is -0.200. The Bertz CT molecular complexity index is 1350. The third-order valence-corrected chi connectivity index (χ3v) is 5.04. The van der Waals surface area contributed by atoms with Crippen LogP contribution in [0.1, 0.15) is 33.1 Å². The number of rotatable bonds is 6. The topological polar surface area (TPSA) is 81.2 Å². The molecule has 0 aliphatic carbocycles. The predicted octanol–water partition coefficient (Wildman–Crippen LogP) is 4.39. The molecule has 4 rings (SSSR count). The van der Waals surface area contributed by atoms with Gasteiger partial charge in [0.1, 0.15) is 5.76 Å². The summed E-state index contributed by atoms with van der Waals surface area (Å²) >= 11 is 0. The Morgan fingerprint density at radius 1 is 1.09 bits per heavy atom. The summed E-state index contributed by atoms with van der Waals surface area (Å²) in [5.41, 5.74) is -0.849. The van der Waals surface area contributed by atoms with Crippen molar-refractivity contribution in [2.24, 2.45) is 0 Å². The van der Waals surface area contributed by atoms with Crippen molar-refractivity contribution in [1.29, 1.82) is 0 Å². The highest BCUT2D eigenvalue weighted by molar-refractivity contribution is 5.92. The van der Waals surface area contributed by atoms with E-state index >= 15 is 0 Å². The third-order valence-electron chi connectivity index (χ3n) is 5.04. The maximum atomic E-state index is 13.4. The maximum Gasteiger partial charge on any atom is 0.416 e. The summed E-state index contributed by atoms with van der Waals surface area (Å²) in [6, 6.07) is 12.5. The fraction of sp³-hybridized carbons (Fsp3) is 0.167. The Hall–Kier alpha value is -4.21. The largest absolute Gasteiger partial charge is 0.467 e. The van der Waals surface area contributed by atoms with Gasteiger partial charge in [-0.1, -0.05) is 12.1 Å². The van der Waals surface area contributed by atoms with Crippen LogP contribution in [0.4, 0.5) is 13.2 Å². The lowest BCUT2D eigenvalue weighted by molar-refractivity contribution is -0.137. The van der Waals surface area contributed by atoms with Gasteiger partial charge < -0.3 is 9.32 Å². The Morgan fingerprint density at radius 3 is 2.59 bits per heavy atom. The van der Waals surface area contributed by atoms with Crippen molar-refractivity contribution >= 4 is 5.91 Å². The van der Waals surface area contributed by atoms with E-state index in [1.807, 2.05) is 0 Å². The molecule has 0 atom stereocenters. The minimum atomic E-state index is -4.55. The van der Waals surface area contributed by atoms with Crippen molar-refractivity contribution in [3.05, 3.63) is 112 Å². The molecule has 7 nitrogen and oxygen atoms in total. The minimum Gasteiger partial charge on any atom is -0.467 e. The number of alkyl halides is 3. The van der Waals surface area contributed by atoms with Gasteiger partial charge in [-0.3, -0.25) is 14.6 Å². The number of aromatic nitrogens is 3. The first-order valence-corrected chi connectivity index (χ1v) is 10.2. The van der Waals surface area contributed by atoms with E-state index in [-0.39, 0.29) is 24.5 Å². The van der Waals surface area contributed by atoms with Gasteiger partial charge in [0.2, 0.25) is 5.43 Å². The van der Waals surface area contributed by atoms with E-state index in [1.54, 1.807) is 36.7 Å². The van der Waals surface area contributed by atoms with Crippen molar-refractivity contribution in [2.45, 2.75) is 26.2 Å². The Kier molecular flexibility index (Phi) is 6.31. The SMILES string of the molecule is Cc1cc(=O)c(C(=O)N(Cc2cccnc2)Cc2ccco2)nn1-c1cccc(C(F)(F)F)c1. The molecular weight excluding hydrogens is 449 g/mol. The molecule has 0 saturated heterocycles. The number of benzene rings is 1. The van der Waals surface area contributed by atoms with Gasteiger partial charge in [0.15, 0.2) is 5.69 Å². The van der Waals surface area contributed by atoms with Crippen LogP contribution in [0.25, 0.3) is 5.69 Å². The fourth-order valence-corrected chi connectivity index (χ4v) is 3.42. The summed E-state index contributed by atoms with van der Waals surface area (Å²) in [6.07, 6.45) is 0.0985. The smallest absolute Gasteiger partial charge is 0.416 e. The molecule has 0 aliphatic heterocycles. The number of furan rings is 1. The van der Waals surface area contributed by atoms with Gasteiger partial charge in [-0.15, -0.1) is 0 Å². The second-order valence-corrected chi connectivity index (χ2v) is 7.56. The fourth-order valence-electron chi connectivity index (χ4n) is 3.42. The molecule has 0 N–H and O–H groups in total. The second kappa shape index (κ2) is 9.34. The standard InChI is InChI=1S/C24H19F3N4O3/c1-16-11-21(32)22(29-31(16)19-7-2-6-18(12-19)24(25,26)27)23(33)30(15-20-8-4-10-34-20)14-17-5-3-9-28-13-17/h2-13H,14-15H2,1H3. The van der Waals surface area contributed by atoms with Gasteiger partial charge >= 0.3 is 6.18 Å². The number of hydrogen-bond donors (Lipinski definition) is 0. The molecule has 0 saturated carbocycles. The van der Waals surface area contributed by atoms with Crippen molar-refractivity contribution in [2.75, 3.05) is 0 Å². The lowest BCUT2D eigenvalue weighted by Gasteiger charge is -2.22. The molecule has 10 heteroatoms. The Morgan fingerprint density at radius 2 is 1.91 bits per heavy atom. The van der Waals surface area contributed by atoms with Crippen molar-refractivity contribution in [3.8, 4) is 5.69 Å². The number of halogens is 3. The normalized spacial score (nSPS) is 11.4. The molecule has 34 heavy (non-hydrogen) atoms. The van der Waals surface area contributed by atoms with E-state index in [4.69, 9.17) is 4.42 Å². The van der Waals surface area contributed by atoms with Crippen LogP contribution in [0.15, 0.2) is 82.5 Å². The molecule has 0 bridgehead atoms. The first kappa shape index (κ1) is 23.0. The predicted molar refractivity (Wildman–Crippen MR) is 116 cm³/mol. The van der Waals surface area contributed by atoms with Crippen molar-refractivity contribution in [3.63, 3.8) is 0 Å². The average Bonchev–Trinajstić information content (AvgIpc) is 3.32. The summed E-state index contributed by atoms with van der Waals surface area (Å²) in [4.78, 5) is 31.5. The van der Waals surface area contributed by atoms with Crippen molar-refractivity contribution < 1.29 is 22.4 Å². The van der Waals surface area contributed by atoms with Gasteiger partial charge in [0, 0.05) is 30.7 Å². The lowest BCUT2D eigenvalue weighted by atomic mass is 10.2. The lowest BCUT2D eigenvalue weighted by Crippen LogP contribution is -2.35. The van der Waals surface area contributed by atoms with Crippen LogP contribution < -0.4 is 5.43 Å². The molecule has 1 amide bonds. The number of carbonyl (C=O) groups excluding carboxylic acids is 1. The van der Waals surface area contributed by atoms with Gasteiger partial charge in [0.25, 0.3) is 5.91 Å². The van der Waals surface area contributed by atoms with Crippen LogP contribution in [0.2, 0.25) is 0 Å². The van der Waals surface area contributed by atoms with E-state index in [2.05, 4.69) is 10.1 Å². The second-order valence-electron chi connectivity index (χ2n) is 7.56. The molecule has 3 aromatic heterocycles. The highest BCUT2D eigenvalue weighted by Gasteiger charge is 2.31. The number of aryl methyl sites for hydroxylation is 1. The zero-order valence-electron chi connectivity index (χ0n) is 18.0. The molecular formula is C24H19F3N4O3. The molecule has 1 aromatic carbocycles. The molecule has 0 spiro atoms. The molecule has 3 heterocycles. The van der Waals surface area contributed by atoms with Crippen LogP contribution in [-0.4, -0.2) is 25.6 Å². The summed E-state index contributed by atoms with van der Waals surface area (Å²) in [6.45, 7) is 1.70. The number of nitrogens with zero attached hydrogens (tertiary/aromatic N) is 4. The number of amides is 1. The van der Waals surface area contributed by atoms with Gasteiger partial charge in [-0.25, -0.2) is 4.68 Å². The van der Waals surface area contributed by atoms with Gasteiger partial charge in [-0.2, -0.15) is 18.3 Å². The summed E-state index contributed by atoms with van der Waals surface area (Å²) < 4.78 is 46.1. The Balaban J connectivity index is 1.74. The molecule has 4 aromatic rings. The highest BCUT2D eigenvalue weighted by atomic mass is 19.4. The van der Waals surface area contributed by atoms with Crippen LogP contribution in [0.3, 0.4) is 0 Å². The van der Waals surface area contributed by atoms with Crippen molar-refractivity contribution in [1.82, 2.24) is 19.7 Å². The first-order valence-electron chi connectivity index (χ1n) is 10.2. The summed E-state index contributed by atoms with van der Waals surface area (Å²) in [7, 11) is 0. The highest BCUT2D eigenvalue weighted by Crippen LogP contribution is 2.30. The molecule has 0 aliphatic rings. The third kappa shape index (κ3) is 5.06. The monoisotopic (exact) mass is 468 g/mol. The minimum absolute atomic E-state index is 0.0548. The van der Waals surface area contributed by atoms with E-state index in [0.717, 1.165) is 16.8 Å². The molecule has 0 radical (unpaired) electrons. The number of pyridine rings is 1. The zero-order valence-corrected chi connectivity index (χ0v) is 18.0. The zero-order chi connectivity index (χ0) is 24.3. The summed E-state index contributed by atoms with van der Waals surface area (Å²) in [5, 5.41) is 4.16. The van der Waals surface area contributed by atoms with Crippen LogP contribution >= 0.6 is 0 Å². The first-order chi connectivity index (χ1) is 16.2.